The third-order valence-corrected chi connectivity index (χ3v) is 4.65. The van der Waals surface area contributed by atoms with Crippen LogP contribution in [0.2, 0.25) is 5.02 Å². The van der Waals surface area contributed by atoms with E-state index in [9.17, 15) is 4.79 Å². The molecule has 0 bridgehead atoms. The lowest BCUT2D eigenvalue weighted by atomic mass is 10.1. The summed E-state index contributed by atoms with van der Waals surface area (Å²) < 4.78 is 11.6. The van der Waals surface area contributed by atoms with E-state index in [1.54, 1.807) is 12.1 Å². The average molecular weight is 410 g/mol. The molecule has 0 radical (unpaired) electrons. The number of rotatable bonds is 8. The summed E-state index contributed by atoms with van der Waals surface area (Å²) in [5.41, 5.74) is 3.67. The van der Waals surface area contributed by atoms with Gasteiger partial charge in [0, 0.05) is 12.1 Å². The fourth-order valence-corrected chi connectivity index (χ4v) is 3.09. The van der Waals surface area contributed by atoms with Crippen molar-refractivity contribution >= 4 is 17.5 Å². The van der Waals surface area contributed by atoms with Crippen molar-refractivity contribution in [3.05, 3.63) is 94.0 Å². The molecule has 1 N–H and O–H groups in total. The van der Waals surface area contributed by atoms with Crippen LogP contribution in [-0.4, -0.2) is 12.5 Å². The van der Waals surface area contributed by atoms with Crippen LogP contribution in [0.1, 0.15) is 34.0 Å². The van der Waals surface area contributed by atoms with Gasteiger partial charge >= 0.3 is 0 Å². The lowest BCUT2D eigenvalue weighted by Crippen LogP contribution is -2.22. The molecule has 0 aliphatic carbocycles. The van der Waals surface area contributed by atoms with Crippen molar-refractivity contribution in [2.24, 2.45) is 0 Å². The van der Waals surface area contributed by atoms with Gasteiger partial charge < -0.3 is 14.8 Å². The molecule has 0 spiro atoms. The second-order valence-corrected chi connectivity index (χ2v) is 7.07. The van der Waals surface area contributed by atoms with Gasteiger partial charge in [-0.3, -0.25) is 4.79 Å². The summed E-state index contributed by atoms with van der Waals surface area (Å²) in [6, 6.07) is 21.1. The lowest BCUT2D eigenvalue weighted by Gasteiger charge is -2.15. The highest BCUT2D eigenvalue weighted by Gasteiger charge is 2.16. The smallest absolute Gasteiger partial charge is 0.251 e. The third-order valence-electron chi connectivity index (χ3n) is 4.37. The Labute approximate surface area is 176 Å². The second-order valence-electron chi connectivity index (χ2n) is 6.66. The van der Waals surface area contributed by atoms with Crippen molar-refractivity contribution in [3.63, 3.8) is 0 Å². The van der Waals surface area contributed by atoms with Gasteiger partial charge in [-0.05, 0) is 37.1 Å². The number of nitrogens with one attached hydrogen (secondary N) is 1. The molecule has 4 nitrogen and oxygen atoms in total. The van der Waals surface area contributed by atoms with E-state index in [4.69, 9.17) is 21.1 Å². The summed E-state index contributed by atoms with van der Waals surface area (Å²) in [6.07, 6.45) is 0. The van der Waals surface area contributed by atoms with E-state index in [-0.39, 0.29) is 5.91 Å². The number of benzene rings is 3. The number of hydrogen-bond donors (Lipinski definition) is 1. The van der Waals surface area contributed by atoms with E-state index in [1.165, 1.54) is 5.56 Å². The van der Waals surface area contributed by atoms with Crippen LogP contribution < -0.4 is 14.8 Å². The van der Waals surface area contributed by atoms with Gasteiger partial charge in [0.1, 0.15) is 6.61 Å². The van der Waals surface area contributed by atoms with E-state index in [0.29, 0.717) is 41.8 Å². The first kappa shape index (κ1) is 20.7. The molecule has 150 valence electrons. The number of ether oxygens (including phenoxy) is 2. The van der Waals surface area contributed by atoms with Crippen LogP contribution >= 0.6 is 11.6 Å². The number of amides is 1. The maximum absolute atomic E-state index is 12.6. The molecule has 0 aliphatic heterocycles. The molecule has 0 fully saturated rings. The highest BCUT2D eigenvalue weighted by molar-refractivity contribution is 6.32. The zero-order valence-corrected chi connectivity index (χ0v) is 17.3. The van der Waals surface area contributed by atoms with E-state index in [0.717, 1.165) is 11.1 Å². The van der Waals surface area contributed by atoms with E-state index < -0.39 is 0 Å². The fraction of sp³-hybridized carbons (Fsp3) is 0.208. The van der Waals surface area contributed by atoms with Crippen LogP contribution in [0.3, 0.4) is 0 Å². The van der Waals surface area contributed by atoms with Crippen LogP contribution in [0.25, 0.3) is 0 Å². The number of halogens is 1. The number of carbonyl (C=O) groups is 1. The lowest BCUT2D eigenvalue weighted by molar-refractivity contribution is 0.0950. The highest BCUT2D eigenvalue weighted by Crippen LogP contribution is 2.37. The first-order valence-electron chi connectivity index (χ1n) is 9.53. The molecular formula is C24H24ClNO3. The van der Waals surface area contributed by atoms with Crippen molar-refractivity contribution in [2.45, 2.75) is 27.0 Å². The van der Waals surface area contributed by atoms with Crippen LogP contribution in [-0.2, 0) is 13.2 Å². The topological polar surface area (TPSA) is 47.6 Å². The zero-order valence-electron chi connectivity index (χ0n) is 16.6. The minimum absolute atomic E-state index is 0.221. The number of hydrogen-bond acceptors (Lipinski definition) is 3. The van der Waals surface area contributed by atoms with Gasteiger partial charge in [-0.2, -0.15) is 0 Å². The third kappa shape index (κ3) is 5.75. The predicted octanol–water partition coefficient (Wildman–Crippen LogP) is 5.56. The molecule has 0 unspecified atom stereocenters. The molecule has 0 atom stereocenters. The molecule has 0 saturated heterocycles. The zero-order chi connectivity index (χ0) is 20.6. The van der Waals surface area contributed by atoms with E-state index in [1.807, 2.05) is 68.4 Å². The Balaban J connectivity index is 1.74. The van der Waals surface area contributed by atoms with Gasteiger partial charge in [0.2, 0.25) is 0 Å². The Hall–Kier alpha value is -2.98. The monoisotopic (exact) mass is 409 g/mol. The minimum Gasteiger partial charge on any atom is -0.490 e. The molecular weight excluding hydrogens is 386 g/mol. The standard InChI is InChI=1S/C24H24ClNO3/c1-3-28-22-14-20(24(27)26-15-18-7-5-4-6-8-18)13-21(25)23(22)29-16-19-11-9-17(2)10-12-19/h4-14H,3,15-16H2,1-2H3,(H,26,27). The summed E-state index contributed by atoms with van der Waals surface area (Å²) in [6.45, 7) is 5.15. The Morgan fingerprint density at radius 1 is 0.966 bits per heavy atom. The van der Waals surface area contributed by atoms with Crippen molar-refractivity contribution in [2.75, 3.05) is 6.61 Å². The Morgan fingerprint density at radius 3 is 2.38 bits per heavy atom. The van der Waals surface area contributed by atoms with Crippen LogP contribution in [0, 0.1) is 6.92 Å². The summed E-state index contributed by atoms with van der Waals surface area (Å²) in [4.78, 5) is 12.6. The van der Waals surface area contributed by atoms with Gasteiger partial charge in [-0.1, -0.05) is 71.8 Å². The van der Waals surface area contributed by atoms with E-state index in [2.05, 4.69) is 5.32 Å². The average Bonchev–Trinajstić information content (AvgIpc) is 2.73. The van der Waals surface area contributed by atoms with Crippen molar-refractivity contribution in [3.8, 4) is 11.5 Å². The maximum atomic E-state index is 12.6. The number of aryl methyl sites for hydroxylation is 1. The molecule has 3 rings (SSSR count). The Morgan fingerprint density at radius 2 is 1.69 bits per heavy atom. The fourth-order valence-electron chi connectivity index (χ4n) is 2.82. The van der Waals surface area contributed by atoms with Gasteiger partial charge in [-0.25, -0.2) is 0 Å². The van der Waals surface area contributed by atoms with Crippen LogP contribution in [0.15, 0.2) is 66.7 Å². The predicted molar refractivity (Wildman–Crippen MR) is 116 cm³/mol. The van der Waals surface area contributed by atoms with Gasteiger partial charge in [0.25, 0.3) is 5.91 Å². The summed E-state index contributed by atoms with van der Waals surface area (Å²) in [5.74, 6) is 0.674. The van der Waals surface area contributed by atoms with Crippen molar-refractivity contribution in [1.82, 2.24) is 5.32 Å². The van der Waals surface area contributed by atoms with E-state index >= 15 is 0 Å². The Kier molecular flexibility index (Phi) is 7.14. The molecule has 0 aliphatic rings. The number of carbonyl (C=O) groups excluding carboxylic acids is 1. The normalized spacial score (nSPS) is 10.4. The van der Waals surface area contributed by atoms with Crippen LogP contribution in [0.4, 0.5) is 0 Å². The Bertz CT molecular complexity index is 956. The summed E-state index contributed by atoms with van der Waals surface area (Å²) in [5, 5.41) is 3.24. The molecule has 0 heterocycles. The first-order chi connectivity index (χ1) is 14.1. The molecule has 0 aromatic heterocycles. The molecule has 3 aromatic carbocycles. The molecule has 0 saturated carbocycles. The largest absolute Gasteiger partial charge is 0.490 e. The van der Waals surface area contributed by atoms with Gasteiger partial charge in [-0.15, -0.1) is 0 Å². The first-order valence-corrected chi connectivity index (χ1v) is 9.91. The van der Waals surface area contributed by atoms with Crippen molar-refractivity contribution in [1.29, 1.82) is 0 Å². The second kappa shape index (κ2) is 9.99. The molecule has 5 heteroatoms. The minimum atomic E-state index is -0.221. The molecule has 3 aromatic rings. The molecule has 1 amide bonds. The summed E-state index contributed by atoms with van der Waals surface area (Å²) in [7, 11) is 0. The molecule has 29 heavy (non-hydrogen) atoms. The maximum Gasteiger partial charge on any atom is 0.251 e. The quantitative estimate of drug-likeness (QED) is 0.530. The highest BCUT2D eigenvalue weighted by atomic mass is 35.5. The van der Waals surface area contributed by atoms with Gasteiger partial charge in [0.15, 0.2) is 11.5 Å². The van der Waals surface area contributed by atoms with Crippen LogP contribution in [0.5, 0.6) is 11.5 Å². The van der Waals surface area contributed by atoms with Crippen molar-refractivity contribution < 1.29 is 14.3 Å². The van der Waals surface area contributed by atoms with Gasteiger partial charge in [0.05, 0.1) is 11.6 Å². The summed E-state index contributed by atoms with van der Waals surface area (Å²) >= 11 is 6.44. The SMILES string of the molecule is CCOc1cc(C(=O)NCc2ccccc2)cc(Cl)c1OCc1ccc(C)cc1.